The Morgan fingerprint density at radius 1 is 0.471 bits per heavy atom. The molecule has 51 heavy (non-hydrogen) atoms. The summed E-state index contributed by atoms with van der Waals surface area (Å²) in [4.78, 5) is 1.81. The van der Waals surface area contributed by atoms with Gasteiger partial charge < -0.3 is 4.90 Å². The quantitative estimate of drug-likeness (QED) is 0.167. The zero-order chi connectivity index (χ0) is 36.1. The third kappa shape index (κ3) is 4.70. The molecule has 1 nitrogen and oxygen atoms in total. The third-order valence-electron chi connectivity index (χ3n) is 10.7. The molecule has 0 spiro atoms. The first-order valence-corrected chi connectivity index (χ1v) is 16.7. The van der Waals surface area contributed by atoms with Gasteiger partial charge in [-0.3, -0.25) is 0 Å². The zero-order valence-corrected chi connectivity index (χ0v) is 28.3. The van der Waals surface area contributed by atoms with Gasteiger partial charge in [-0.2, -0.15) is 26.3 Å². The Morgan fingerprint density at radius 3 is 1.73 bits per heavy atom. The number of nitrogens with zero attached hydrogens (tertiary/aromatic N) is 1. The van der Waals surface area contributed by atoms with Crippen LogP contribution in [0.25, 0.3) is 33.4 Å². The highest BCUT2D eigenvalue weighted by Crippen LogP contribution is 2.66. The predicted octanol–water partition coefficient (Wildman–Crippen LogP) is 13.1. The van der Waals surface area contributed by atoms with Crippen LogP contribution in [-0.4, -0.2) is 12.4 Å². The van der Waals surface area contributed by atoms with Crippen molar-refractivity contribution in [2.75, 3.05) is 4.90 Å². The van der Waals surface area contributed by atoms with Crippen LogP contribution in [0, 0.1) is 13.8 Å². The fraction of sp³-hybridized carbons (Fsp3) is 0.182. The Morgan fingerprint density at radius 2 is 1.04 bits per heavy atom. The summed E-state index contributed by atoms with van der Waals surface area (Å²) in [5.41, 5.74) is 1.90. The number of hydrogen-bond acceptors (Lipinski definition) is 1. The van der Waals surface area contributed by atoms with Crippen molar-refractivity contribution in [3.05, 3.63) is 161 Å². The van der Waals surface area contributed by atoms with Crippen LogP contribution >= 0.6 is 0 Å². The van der Waals surface area contributed by atoms with Gasteiger partial charge >= 0.3 is 12.4 Å². The summed E-state index contributed by atoms with van der Waals surface area (Å²) in [5, 5.41) is 0. The monoisotopic (exact) mass is 689 g/mol. The molecule has 2 aliphatic carbocycles. The van der Waals surface area contributed by atoms with Crippen LogP contribution in [0.4, 0.5) is 43.4 Å². The van der Waals surface area contributed by atoms with Gasteiger partial charge in [0.25, 0.3) is 0 Å². The van der Waals surface area contributed by atoms with Gasteiger partial charge in [0.2, 0.25) is 5.41 Å². The number of fused-ring (bicyclic) bond motifs is 6. The van der Waals surface area contributed by atoms with E-state index in [-0.39, 0.29) is 22.4 Å². The smallest absolute Gasteiger partial charge is 0.310 e. The van der Waals surface area contributed by atoms with E-state index in [0.717, 1.165) is 45.5 Å². The molecule has 7 heteroatoms. The van der Waals surface area contributed by atoms with Crippen molar-refractivity contribution in [3.63, 3.8) is 0 Å². The molecule has 0 saturated carbocycles. The zero-order valence-electron chi connectivity index (χ0n) is 28.3. The molecule has 6 aromatic carbocycles. The van der Waals surface area contributed by atoms with E-state index in [0.29, 0.717) is 16.9 Å². The molecule has 8 rings (SSSR count). The molecule has 256 valence electrons. The maximum absolute atomic E-state index is 15.3. The summed E-state index contributed by atoms with van der Waals surface area (Å²) < 4.78 is 92.1. The SMILES string of the molecule is Cc1ccc2c(c1)C(C(F)(F)F)(C(F)(F)F)c1cc(C)cc(N(c3ccc(-c4ccccc4)cc3)c3ccc4c(c3)C(C)(C)c3ccccc3-4)c1-2. The van der Waals surface area contributed by atoms with Gasteiger partial charge in [-0.05, 0) is 99.8 Å². The van der Waals surface area contributed by atoms with Gasteiger partial charge in [0.1, 0.15) is 0 Å². The molecule has 0 bridgehead atoms. The average Bonchev–Trinajstić information content (AvgIpc) is 3.51. The second-order valence-corrected chi connectivity index (χ2v) is 14.1. The second kappa shape index (κ2) is 11.1. The van der Waals surface area contributed by atoms with E-state index in [9.17, 15) is 0 Å². The highest BCUT2D eigenvalue weighted by Gasteiger charge is 2.75. The largest absolute Gasteiger partial charge is 0.411 e. The molecule has 0 aromatic heterocycles. The maximum atomic E-state index is 15.3. The van der Waals surface area contributed by atoms with Crippen LogP contribution in [0.1, 0.15) is 47.2 Å². The standard InChI is InChI=1S/C44H33F6N/c1-26-14-20-34-37(22-26)42(43(45,46)47,44(48,49)50)38-23-27(2)24-39(40(34)38)51(30-17-15-29(16-18-30)28-10-6-5-7-11-28)31-19-21-33-32-12-8-9-13-35(32)41(3,4)36(33)25-31/h5-25H,1-4H3. The molecule has 0 fully saturated rings. The fourth-order valence-electron chi connectivity index (χ4n) is 8.32. The summed E-state index contributed by atoms with van der Waals surface area (Å²) in [5.74, 6) is 0. The number of benzene rings is 6. The summed E-state index contributed by atoms with van der Waals surface area (Å²) in [6, 6.07) is 38.2. The topological polar surface area (TPSA) is 3.24 Å². The summed E-state index contributed by atoms with van der Waals surface area (Å²) in [7, 11) is 0. The van der Waals surface area contributed by atoms with E-state index in [4.69, 9.17) is 0 Å². The van der Waals surface area contributed by atoms with Crippen molar-refractivity contribution in [1.29, 1.82) is 0 Å². The molecule has 2 aliphatic rings. The molecule has 0 unspecified atom stereocenters. The molecule has 6 aromatic rings. The van der Waals surface area contributed by atoms with Crippen molar-refractivity contribution in [2.45, 2.75) is 50.9 Å². The Balaban J connectivity index is 1.43. The van der Waals surface area contributed by atoms with Crippen molar-refractivity contribution in [3.8, 4) is 33.4 Å². The minimum atomic E-state index is -5.67. The lowest BCUT2D eigenvalue weighted by Gasteiger charge is -2.36. The van der Waals surface area contributed by atoms with Gasteiger partial charge in [-0.1, -0.05) is 116 Å². The van der Waals surface area contributed by atoms with Crippen LogP contribution in [0.3, 0.4) is 0 Å². The molecule has 0 atom stereocenters. The Hall–Kier alpha value is -5.30. The molecule has 0 N–H and O–H groups in total. The van der Waals surface area contributed by atoms with Gasteiger partial charge in [-0.25, -0.2) is 0 Å². The first-order chi connectivity index (χ1) is 24.1. The van der Waals surface area contributed by atoms with Crippen molar-refractivity contribution >= 4 is 17.1 Å². The first kappa shape index (κ1) is 32.9. The molecule has 0 radical (unpaired) electrons. The second-order valence-electron chi connectivity index (χ2n) is 14.1. The Labute approximate surface area is 292 Å². The van der Waals surface area contributed by atoms with Crippen molar-refractivity contribution < 1.29 is 26.3 Å². The highest BCUT2D eigenvalue weighted by atomic mass is 19.4. The van der Waals surface area contributed by atoms with E-state index >= 15 is 26.3 Å². The number of halogens is 6. The van der Waals surface area contributed by atoms with Crippen LogP contribution in [-0.2, 0) is 10.8 Å². The van der Waals surface area contributed by atoms with E-state index in [1.165, 1.54) is 13.0 Å². The van der Waals surface area contributed by atoms with E-state index in [2.05, 4.69) is 26.0 Å². The molecular weight excluding hydrogens is 656 g/mol. The van der Waals surface area contributed by atoms with Gasteiger partial charge in [0.15, 0.2) is 0 Å². The lowest BCUT2D eigenvalue weighted by atomic mass is 9.75. The van der Waals surface area contributed by atoms with E-state index < -0.39 is 34.3 Å². The third-order valence-corrected chi connectivity index (χ3v) is 10.7. The number of anilines is 3. The Kier molecular flexibility index (Phi) is 7.16. The normalized spacial score (nSPS) is 15.2. The van der Waals surface area contributed by atoms with Crippen LogP contribution < -0.4 is 4.90 Å². The molecule has 0 amide bonds. The minimum absolute atomic E-state index is 0.0829. The first-order valence-electron chi connectivity index (χ1n) is 16.7. The highest BCUT2D eigenvalue weighted by molar-refractivity contribution is 5.97. The lowest BCUT2D eigenvalue weighted by Crippen LogP contribution is -2.53. The molecule has 0 heterocycles. The predicted molar refractivity (Wildman–Crippen MR) is 192 cm³/mol. The van der Waals surface area contributed by atoms with Gasteiger partial charge in [-0.15, -0.1) is 0 Å². The number of alkyl halides is 6. The molecule has 0 aliphatic heterocycles. The van der Waals surface area contributed by atoms with E-state index in [1.54, 1.807) is 19.1 Å². The number of aryl methyl sites for hydroxylation is 2. The maximum Gasteiger partial charge on any atom is 0.411 e. The lowest BCUT2D eigenvalue weighted by molar-refractivity contribution is -0.287. The van der Waals surface area contributed by atoms with E-state index in [1.807, 2.05) is 89.8 Å². The van der Waals surface area contributed by atoms with Crippen molar-refractivity contribution in [1.82, 2.24) is 0 Å². The van der Waals surface area contributed by atoms with Gasteiger partial charge in [0.05, 0.1) is 5.69 Å². The van der Waals surface area contributed by atoms with Crippen LogP contribution in [0.15, 0.2) is 127 Å². The van der Waals surface area contributed by atoms with Crippen LogP contribution in [0.2, 0.25) is 0 Å². The number of hydrogen-bond donors (Lipinski definition) is 0. The summed E-state index contributed by atoms with van der Waals surface area (Å²) in [6.07, 6.45) is -11.3. The number of rotatable bonds is 4. The average molecular weight is 690 g/mol. The molecule has 0 saturated heterocycles. The molecular formula is C44H33F6N. The Bertz CT molecular complexity index is 2320. The van der Waals surface area contributed by atoms with Crippen molar-refractivity contribution in [2.24, 2.45) is 0 Å². The fourth-order valence-corrected chi connectivity index (χ4v) is 8.32. The minimum Gasteiger partial charge on any atom is -0.310 e. The summed E-state index contributed by atoms with van der Waals surface area (Å²) in [6.45, 7) is 7.32. The van der Waals surface area contributed by atoms with Crippen LogP contribution in [0.5, 0.6) is 0 Å². The summed E-state index contributed by atoms with van der Waals surface area (Å²) >= 11 is 0. The van der Waals surface area contributed by atoms with Gasteiger partial charge in [0, 0.05) is 22.4 Å².